The number of β-amino-alcohol motifs (C(OH)–C–C–N with tert-alkyl or cyclic N) is 1. The molecule has 1 heterocycles. The van der Waals surface area contributed by atoms with Crippen LogP contribution in [0.15, 0.2) is 0 Å². The number of methoxy groups -OCH3 is 1. The topological polar surface area (TPSA) is 70.0 Å². The Morgan fingerprint density at radius 3 is 2.14 bits per heavy atom. The van der Waals surface area contributed by atoms with Gasteiger partial charge in [-0.3, -0.25) is 4.90 Å². The van der Waals surface area contributed by atoms with Crippen LogP contribution in [0.1, 0.15) is 66.7 Å². The number of esters is 1. The van der Waals surface area contributed by atoms with Crippen LogP contribution in [-0.2, 0) is 9.53 Å². The minimum absolute atomic E-state index is 0.302. The third-order valence-electron chi connectivity index (χ3n) is 4.76. The van der Waals surface area contributed by atoms with E-state index in [-0.39, 0.29) is 6.10 Å². The molecule has 0 spiro atoms. The van der Waals surface area contributed by atoms with E-state index in [4.69, 9.17) is 4.74 Å². The predicted molar refractivity (Wildman–Crippen MR) is 86.6 cm³/mol. The quantitative estimate of drug-likeness (QED) is 0.735. The molecule has 0 aromatic heterocycles. The lowest BCUT2D eigenvalue weighted by Gasteiger charge is -2.57. The molecule has 0 aromatic carbocycles. The van der Waals surface area contributed by atoms with Gasteiger partial charge < -0.3 is 14.9 Å². The first-order valence-corrected chi connectivity index (χ1v) is 8.25. The minimum atomic E-state index is -1.47. The number of rotatable bonds is 6. The van der Waals surface area contributed by atoms with Crippen LogP contribution in [0.3, 0.4) is 0 Å². The molecular weight excluding hydrogens is 282 g/mol. The van der Waals surface area contributed by atoms with E-state index in [2.05, 4.69) is 11.8 Å². The van der Waals surface area contributed by atoms with E-state index < -0.39 is 22.6 Å². The first-order chi connectivity index (χ1) is 9.98. The van der Waals surface area contributed by atoms with Gasteiger partial charge in [0.15, 0.2) is 5.60 Å². The van der Waals surface area contributed by atoms with Gasteiger partial charge in [0.25, 0.3) is 0 Å². The van der Waals surface area contributed by atoms with Gasteiger partial charge in [-0.1, -0.05) is 19.8 Å². The van der Waals surface area contributed by atoms with E-state index >= 15 is 0 Å². The molecule has 0 aromatic rings. The summed E-state index contributed by atoms with van der Waals surface area (Å²) in [6, 6.07) is 0. The van der Waals surface area contributed by atoms with Gasteiger partial charge in [0.1, 0.15) is 0 Å². The minimum Gasteiger partial charge on any atom is -0.467 e. The van der Waals surface area contributed by atoms with Crippen molar-refractivity contribution in [3.63, 3.8) is 0 Å². The lowest BCUT2D eigenvalue weighted by Crippen LogP contribution is -2.68. The standard InChI is InChI=1S/C17H33NO4/c1-7-8-9-13(19)10-18-15(2,3)11-17(21,14(20)22-6)12-16(18,4)5/h13,19,21H,7-12H2,1-6H3. The Labute approximate surface area is 134 Å². The fraction of sp³-hybridized carbons (Fsp3) is 0.941. The van der Waals surface area contributed by atoms with Gasteiger partial charge in [0.2, 0.25) is 0 Å². The fourth-order valence-corrected chi connectivity index (χ4v) is 4.07. The Morgan fingerprint density at radius 2 is 1.73 bits per heavy atom. The fourth-order valence-electron chi connectivity index (χ4n) is 4.07. The molecule has 0 aliphatic carbocycles. The van der Waals surface area contributed by atoms with E-state index in [9.17, 15) is 15.0 Å². The number of aliphatic hydroxyl groups excluding tert-OH is 1. The smallest absolute Gasteiger partial charge is 0.337 e. The Balaban J connectivity index is 2.95. The highest BCUT2D eigenvalue weighted by molar-refractivity contribution is 5.79. The van der Waals surface area contributed by atoms with Crippen molar-refractivity contribution in [1.82, 2.24) is 4.90 Å². The summed E-state index contributed by atoms with van der Waals surface area (Å²) in [5.74, 6) is -0.570. The van der Waals surface area contributed by atoms with Gasteiger partial charge in [-0.05, 0) is 34.1 Å². The van der Waals surface area contributed by atoms with Crippen LogP contribution < -0.4 is 0 Å². The summed E-state index contributed by atoms with van der Waals surface area (Å²) in [6.07, 6.45) is 3.06. The molecule has 1 unspecified atom stereocenters. The predicted octanol–water partition coefficient (Wildman–Crippen LogP) is 2.09. The van der Waals surface area contributed by atoms with Crippen LogP contribution in [-0.4, -0.2) is 57.5 Å². The number of carbonyl (C=O) groups excluding carboxylic acids is 1. The Hall–Kier alpha value is -0.650. The Kier molecular flexibility index (Phi) is 6.04. The average Bonchev–Trinajstić information content (AvgIpc) is 2.38. The summed E-state index contributed by atoms with van der Waals surface area (Å²) >= 11 is 0. The summed E-state index contributed by atoms with van der Waals surface area (Å²) in [7, 11) is 1.31. The van der Waals surface area contributed by atoms with Crippen molar-refractivity contribution >= 4 is 5.97 Å². The number of likely N-dealkylation sites (tertiary alicyclic amines) is 1. The summed E-state index contributed by atoms with van der Waals surface area (Å²) < 4.78 is 4.79. The molecule has 5 nitrogen and oxygen atoms in total. The molecule has 130 valence electrons. The van der Waals surface area contributed by atoms with Crippen LogP contribution in [0.2, 0.25) is 0 Å². The molecule has 0 bridgehead atoms. The van der Waals surface area contributed by atoms with Crippen molar-refractivity contribution < 1.29 is 19.7 Å². The molecule has 1 aliphatic heterocycles. The number of hydrogen-bond acceptors (Lipinski definition) is 5. The molecule has 2 N–H and O–H groups in total. The zero-order valence-corrected chi connectivity index (χ0v) is 15.0. The van der Waals surface area contributed by atoms with Gasteiger partial charge in [0.05, 0.1) is 13.2 Å². The molecule has 0 amide bonds. The van der Waals surface area contributed by atoms with Gasteiger partial charge in [-0.25, -0.2) is 4.79 Å². The third-order valence-corrected chi connectivity index (χ3v) is 4.76. The van der Waals surface area contributed by atoms with Crippen molar-refractivity contribution in [2.45, 2.75) is 89.5 Å². The molecule has 1 rings (SSSR count). The van der Waals surface area contributed by atoms with Gasteiger partial charge >= 0.3 is 5.97 Å². The monoisotopic (exact) mass is 315 g/mol. The maximum absolute atomic E-state index is 12.0. The highest BCUT2D eigenvalue weighted by Gasteiger charge is 2.55. The van der Waals surface area contributed by atoms with Gasteiger partial charge in [0, 0.05) is 30.5 Å². The molecule has 0 radical (unpaired) electrons. The van der Waals surface area contributed by atoms with E-state index in [0.717, 1.165) is 19.3 Å². The summed E-state index contributed by atoms with van der Waals surface area (Å²) in [5.41, 5.74) is -2.28. The SMILES string of the molecule is CCCCC(O)CN1C(C)(C)CC(O)(C(=O)OC)CC1(C)C. The Morgan fingerprint density at radius 1 is 1.23 bits per heavy atom. The molecule has 1 atom stereocenters. The van der Waals surface area contributed by atoms with Crippen molar-refractivity contribution in [1.29, 1.82) is 0 Å². The number of aliphatic hydroxyl groups is 2. The van der Waals surface area contributed by atoms with Crippen LogP contribution in [0.25, 0.3) is 0 Å². The highest BCUT2D eigenvalue weighted by Crippen LogP contribution is 2.44. The Bertz CT molecular complexity index is 374. The number of unbranched alkanes of at least 4 members (excludes halogenated alkanes) is 1. The zero-order valence-electron chi connectivity index (χ0n) is 15.0. The summed E-state index contributed by atoms with van der Waals surface area (Å²) in [5, 5.41) is 21.0. The molecule has 0 saturated carbocycles. The average molecular weight is 315 g/mol. The molecular formula is C17H33NO4. The maximum Gasteiger partial charge on any atom is 0.337 e. The van der Waals surface area contributed by atoms with Crippen LogP contribution >= 0.6 is 0 Å². The van der Waals surface area contributed by atoms with E-state index in [1.807, 2.05) is 27.7 Å². The second-order valence-corrected chi connectivity index (χ2v) is 7.91. The largest absolute Gasteiger partial charge is 0.467 e. The normalized spacial score (nSPS) is 24.7. The van der Waals surface area contributed by atoms with Crippen LogP contribution in [0, 0.1) is 0 Å². The van der Waals surface area contributed by atoms with Crippen LogP contribution in [0.5, 0.6) is 0 Å². The van der Waals surface area contributed by atoms with Crippen molar-refractivity contribution in [2.24, 2.45) is 0 Å². The second kappa shape index (κ2) is 6.85. The lowest BCUT2D eigenvalue weighted by molar-refractivity contribution is -0.188. The molecule has 22 heavy (non-hydrogen) atoms. The molecule has 1 aliphatic rings. The summed E-state index contributed by atoms with van der Waals surface area (Å²) in [4.78, 5) is 14.2. The van der Waals surface area contributed by atoms with Crippen molar-refractivity contribution in [3.8, 4) is 0 Å². The third kappa shape index (κ3) is 4.21. The highest BCUT2D eigenvalue weighted by atomic mass is 16.5. The number of nitrogens with zero attached hydrogens (tertiary/aromatic N) is 1. The maximum atomic E-state index is 12.0. The number of carbonyl (C=O) groups is 1. The zero-order chi connectivity index (χ0) is 17.2. The van der Waals surface area contributed by atoms with Gasteiger partial charge in [-0.2, -0.15) is 0 Å². The van der Waals surface area contributed by atoms with E-state index in [1.54, 1.807) is 0 Å². The van der Waals surface area contributed by atoms with Gasteiger partial charge in [-0.15, -0.1) is 0 Å². The van der Waals surface area contributed by atoms with Crippen LogP contribution in [0.4, 0.5) is 0 Å². The van der Waals surface area contributed by atoms with Crippen molar-refractivity contribution in [2.75, 3.05) is 13.7 Å². The first-order valence-electron chi connectivity index (χ1n) is 8.25. The number of hydrogen-bond donors (Lipinski definition) is 2. The first kappa shape index (κ1) is 19.4. The molecule has 1 saturated heterocycles. The second-order valence-electron chi connectivity index (χ2n) is 7.91. The lowest BCUT2D eigenvalue weighted by atomic mass is 9.70. The number of piperidine rings is 1. The van der Waals surface area contributed by atoms with Crippen molar-refractivity contribution in [3.05, 3.63) is 0 Å². The van der Waals surface area contributed by atoms with E-state index in [0.29, 0.717) is 19.4 Å². The molecule has 5 heteroatoms. The summed E-state index contributed by atoms with van der Waals surface area (Å²) in [6.45, 7) is 10.7. The molecule has 1 fully saturated rings. The van der Waals surface area contributed by atoms with E-state index in [1.165, 1.54) is 7.11 Å². The number of ether oxygens (including phenoxy) is 1.